The van der Waals surface area contributed by atoms with Crippen molar-refractivity contribution in [3.05, 3.63) is 48.6 Å². The van der Waals surface area contributed by atoms with E-state index in [1.165, 1.54) is 231 Å². The van der Waals surface area contributed by atoms with Gasteiger partial charge in [0, 0.05) is 18.9 Å². The number of allylic oxidation sites excluding steroid dienone is 7. The lowest BCUT2D eigenvalue weighted by Crippen LogP contribution is -2.45. The molecule has 2 amide bonds. The highest BCUT2D eigenvalue weighted by atomic mass is 16.3. The lowest BCUT2D eigenvalue weighted by Gasteiger charge is -2.27. The van der Waals surface area contributed by atoms with E-state index in [2.05, 4.69) is 74.8 Å². The molecule has 0 aliphatic rings. The standard InChI is InChI=1S/C69H130N2O4/c1-5-9-13-17-21-24-27-29-31-32-35-41-47-53-59-65(69(75)70-62-56-50-44-39-34-26-23-19-15-11-7-3)64(57-51-45-20-16-12-8-4)58-52-46-40-37-38-43-49-55-61-68(74)71-66(63-72)67(73)60-54-48-42-36-33-30-28-25-22-18-14-10-6-2/h9,13,21,24,29,31,54,60,64-67,72-73H,5-8,10-12,14-20,22-23,25-28,30,32-53,55-59,61-63H2,1-4H3,(H,70,75)(H,71,74). The van der Waals surface area contributed by atoms with Crippen molar-refractivity contribution < 1.29 is 19.8 Å². The number of aliphatic hydroxyl groups excluding tert-OH is 2. The smallest absolute Gasteiger partial charge is 0.223 e. The molecule has 0 spiro atoms. The summed E-state index contributed by atoms with van der Waals surface area (Å²) in [6, 6.07) is -0.653. The van der Waals surface area contributed by atoms with E-state index in [1.807, 2.05) is 6.08 Å². The number of carbonyl (C=O) groups is 2. The summed E-state index contributed by atoms with van der Waals surface area (Å²) in [4.78, 5) is 26.9. The Balaban J connectivity index is 4.89. The van der Waals surface area contributed by atoms with E-state index in [-0.39, 0.29) is 18.4 Å². The fraction of sp³-hybridized carbons (Fsp3) is 0.855. The molecule has 0 radical (unpaired) electrons. The molecule has 0 aromatic rings. The monoisotopic (exact) mass is 1050 g/mol. The zero-order valence-electron chi connectivity index (χ0n) is 50.7. The molecule has 0 aliphatic heterocycles. The quantitative estimate of drug-likeness (QED) is 0.0360. The Hall–Kier alpha value is -2.18. The van der Waals surface area contributed by atoms with Crippen molar-refractivity contribution in [1.82, 2.24) is 10.6 Å². The Morgan fingerprint density at radius 2 is 0.787 bits per heavy atom. The zero-order valence-corrected chi connectivity index (χ0v) is 50.7. The molecule has 6 heteroatoms. The van der Waals surface area contributed by atoms with Gasteiger partial charge in [-0.3, -0.25) is 9.59 Å². The molecule has 6 nitrogen and oxygen atoms in total. The number of unbranched alkanes of at least 4 members (excludes halogenated alkanes) is 37. The number of hydrogen-bond donors (Lipinski definition) is 4. The van der Waals surface area contributed by atoms with E-state index < -0.39 is 12.1 Å². The molecule has 0 saturated carbocycles. The van der Waals surface area contributed by atoms with Crippen LogP contribution in [0.15, 0.2) is 48.6 Å². The molecule has 0 rings (SSSR count). The van der Waals surface area contributed by atoms with Crippen LogP contribution in [0.4, 0.5) is 0 Å². The second-order valence-electron chi connectivity index (χ2n) is 23.0. The van der Waals surface area contributed by atoms with Crippen molar-refractivity contribution in [3.63, 3.8) is 0 Å². The Morgan fingerprint density at radius 3 is 1.24 bits per heavy atom. The van der Waals surface area contributed by atoms with Gasteiger partial charge in [-0.05, 0) is 83.0 Å². The summed E-state index contributed by atoms with van der Waals surface area (Å²) in [5.74, 6) is 0.885. The number of amides is 2. The van der Waals surface area contributed by atoms with Crippen LogP contribution < -0.4 is 10.6 Å². The van der Waals surface area contributed by atoms with Gasteiger partial charge in [-0.1, -0.05) is 307 Å². The van der Waals surface area contributed by atoms with Gasteiger partial charge in [-0.2, -0.15) is 0 Å². The van der Waals surface area contributed by atoms with Crippen LogP contribution in [-0.4, -0.2) is 47.3 Å². The van der Waals surface area contributed by atoms with Crippen LogP contribution in [0.25, 0.3) is 0 Å². The van der Waals surface area contributed by atoms with Crippen LogP contribution >= 0.6 is 0 Å². The number of carbonyl (C=O) groups excluding carboxylic acids is 2. The van der Waals surface area contributed by atoms with E-state index in [4.69, 9.17) is 0 Å². The molecular formula is C69H130N2O4. The van der Waals surface area contributed by atoms with E-state index in [1.54, 1.807) is 6.08 Å². The van der Waals surface area contributed by atoms with Crippen molar-refractivity contribution in [3.8, 4) is 0 Å². The van der Waals surface area contributed by atoms with Gasteiger partial charge in [0.05, 0.1) is 18.8 Å². The molecule has 4 N–H and O–H groups in total. The van der Waals surface area contributed by atoms with Gasteiger partial charge in [0.25, 0.3) is 0 Å². The third-order valence-electron chi connectivity index (χ3n) is 15.8. The average Bonchev–Trinajstić information content (AvgIpc) is 3.41. The molecule has 4 unspecified atom stereocenters. The van der Waals surface area contributed by atoms with Crippen LogP contribution in [0.2, 0.25) is 0 Å². The van der Waals surface area contributed by atoms with Gasteiger partial charge in [0.1, 0.15) is 0 Å². The molecule has 0 heterocycles. The first-order valence-corrected chi connectivity index (χ1v) is 33.4. The lowest BCUT2D eigenvalue weighted by molar-refractivity contribution is -0.127. The maximum Gasteiger partial charge on any atom is 0.223 e. The largest absolute Gasteiger partial charge is 0.394 e. The minimum absolute atomic E-state index is 0.0817. The van der Waals surface area contributed by atoms with Crippen molar-refractivity contribution in [2.24, 2.45) is 11.8 Å². The zero-order chi connectivity index (χ0) is 54.6. The summed E-state index contributed by atoms with van der Waals surface area (Å²) in [5, 5.41) is 26.9. The van der Waals surface area contributed by atoms with Gasteiger partial charge < -0.3 is 20.8 Å². The number of aliphatic hydroxyl groups is 2. The molecule has 4 atom stereocenters. The summed E-state index contributed by atoms with van der Waals surface area (Å²) in [5.41, 5.74) is 0. The highest BCUT2D eigenvalue weighted by Crippen LogP contribution is 2.31. The summed E-state index contributed by atoms with van der Waals surface area (Å²) >= 11 is 0. The van der Waals surface area contributed by atoms with Crippen molar-refractivity contribution in [2.75, 3.05) is 13.2 Å². The summed E-state index contributed by atoms with van der Waals surface area (Å²) in [7, 11) is 0. The van der Waals surface area contributed by atoms with Crippen LogP contribution in [-0.2, 0) is 9.59 Å². The third kappa shape index (κ3) is 52.3. The minimum Gasteiger partial charge on any atom is -0.394 e. The van der Waals surface area contributed by atoms with Crippen LogP contribution in [0.3, 0.4) is 0 Å². The van der Waals surface area contributed by atoms with Crippen molar-refractivity contribution in [2.45, 2.75) is 354 Å². The number of hydrogen-bond acceptors (Lipinski definition) is 4. The first kappa shape index (κ1) is 72.8. The second-order valence-corrected chi connectivity index (χ2v) is 23.0. The predicted molar refractivity (Wildman–Crippen MR) is 331 cm³/mol. The van der Waals surface area contributed by atoms with E-state index in [9.17, 15) is 19.8 Å². The topological polar surface area (TPSA) is 98.7 Å². The molecule has 0 aliphatic carbocycles. The average molecular weight is 1050 g/mol. The fourth-order valence-corrected chi connectivity index (χ4v) is 10.8. The molecule has 0 saturated heterocycles. The summed E-state index contributed by atoms with van der Waals surface area (Å²) < 4.78 is 0. The number of nitrogens with one attached hydrogen (secondary N) is 2. The van der Waals surface area contributed by atoms with Crippen LogP contribution in [0.5, 0.6) is 0 Å². The first-order chi connectivity index (χ1) is 36.9. The first-order valence-electron chi connectivity index (χ1n) is 33.4. The van der Waals surface area contributed by atoms with Gasteiger partial charge in [-0.25, -0.2) is 0 Å². The Morgan fingerprint density at radius 1 is 0.413 bits per heavy atom. The van der Waals surface area contributed by atoms with E-state index >= 15 is 0 Å². The van der Waals surface area contributed by atoms with Gasteiger partial charge in [0.15, 0.2) is 0 Å². The number of rotatable bonds is 60. The summed E-state index contributed by atoms with van der Waals surface area (Å²) in [6.07, 6.45) is 76.6. The minimum atomic E-state index is -0.867. The molecule has 0 bridgehead atoms. The van der Waals surface area contributed by atoms with Crippen molar-refractivity contribution >= 4 is 11.8 Å². The predicted octanol–water partition coefficient (Wildman–Crippen LogP) is 20.6. The maximum absolute atomic E-state index is 14.1. The van der Waals surface area contributed by atoms with Crippen molar-refractivity contribution in [1.29, 1.82) is 0 Å². The molecule has 0 aromatic carbocycles. The molecule has 0 aromatic heterocycles. The molecule has 0 fully saturated rings. The van der Waals surface area contributed by atoms with Crippen LogP contribution in [0, 0.1) is 11.8 Å². The van der Waals surface area contributed by atoms with Gasteiger partial charge in [-0.15, -0.1) is 0 Å². The van der Waals surface area contributed by atoms with Gasteiger partial charge >= 0.3 is 0 Å². The maximum atomic E-state index is 14.1. The molecule has 75 heavy (non-hydrogen) atoms. The third-order valence-corrected chi connectivity index (χ3v) is 15.8. The molecular weight excluding hydrogens is 921 g/mol. The lowest BCUT2D eigenvalue weighted by atomic mass is 9.80. The normalized spacial score (nSPS) is 13.7. The Labute approximate surface area is 468 Å². The highest BCUT2D eigenvalue weighted by molar-refractivity contribution is 5.79. The fourth-order valence-electron chi connectivity index (χ4n) is 10.8. The Bertz CT molecular complexity index is 1290. The van der Waals surface area contributed by atoms with Gasteiger partial charge in [0.2, 0.25) is 11.8 Å². The second kappa shape index (κ2) is 61.0. The molecule has 440 valence electrons. The van der Waals surface area contributed by atoms with E-state index in [0.29, 0.717) is 18.2 Å². The van der Waals surface area contributed by atoms with Crippen LogP contribution in [0.1, 0.15) is 342 Å². The van der Waals surface area contributed by atoms with E-state index in [0.717, 1.165) is 83.6 Å². The SMILES string of the molecule is CCC=CCC=CCC=CCCCCCCC(C(=O)NCCCCCCCCCCCCC)C(CCCCCCCC)CCCCCCCCCCC(=O)NC(CO)C(O)C=CCCCCCCCCCCCCC. The Kier molecular flexibility index (Phi) is 59.3. The highest BCUT2D eigenvalue weighted by Gasteiger charge is 2.27. The summed E-state index contributed by atoms with van der Waals surface area (Å²) in [6.45, 7) is 9.60.